The highest BCUT2D eigenvalue weighted by Gasteiger charge is 2.18. The highest BCUT2D eigenvalue weighted by atomic mass is 16.5. The second-order valence-corrected chi connectivity index (χ2v) is 4.87. The molecule has 5 nitrogen and oxygen atoms in total. The van der Waals surface area contributed by atoms with Crippen molar-refractivity contribution in [1.82, 2.24) is 15.1 Å². The minimum absolute atomic E-state index is 0.579. The van der Waals surface area contributed by atoms with Gasteiger partial charge in [-0.05, 0) is 42.7 Å². The number of rotatable bonds is 2. The summed E-state index contributed by atoms with van der Waals surface area (Å²) in [5, 5.41) is 7.46. The van der Waals surface area contributed by atoms with Gasteiger partial charge in [0.05, 0.1) is 5.69 Å². The molecule has 20 heavy (non-hydrogen) atoms. The predicted octanol–water partition coefficient (Wildman–Crippen LogP) is 3.09. The van der Waals surface area contributed by atoms with Crippen molar-refractivity contribution < 1.29 is 4.52 Å². The molecule has 0 amide bonds. The van der Waals surface area contributed by atoms with E-state index in [-0.39, 0.29) is 0 Å². The van der Waals surface area contributed by atoms with Gasteiger partial charge in [0, 0.05) is 24.0 Å². The van der Waals surface area contributed by atoms with Gasteiger partial charge in [-0.25, -0.2) is 0 Å². The smallest absolute Gasteiger partial charge is 0.258 e. The van der Waals surface area contributed by atoms with Crippen LogP contribution in [-0.2, 0) is 6.42 Å². The first-order chi connectivity index (χ1) is 9.92. The van der Waals surface area contributed by atoms with E-state index in [1.807, 2.05) is 30.5 Å². The molecule has 2 aromatic heterocycles. The molecule has 3 aromatic rings. The third kappa shape index (κ3) is 1.79. The number of nitrogens with zero attached hydrogens (tertiary/aromatic N) is 2. The van der Waals surface area contributed by atoms with Crippen molar-refractivity contribution in [3.63, 3.8) is 0 Å². The highest BCUT2D eigenvalue weighted by Crippen LogP contribution is 2.32. The second-order valence-electron chi connectivity index (χ2n) is 4.87. The van der Waals surface area contributed by atoms with Gasteiger partial charge in [-0.3, -0.25) is 0 Å². The van der Waals surface area contributed by atoms with E-state index < -0.39 is 0 Å². The maximum Gasteiger partial charge on any atom is 0.258 e. The number of benzene rings is 1. The van der Waals surface area contributed by atoms with Gasteiger partial charge in [0.25, 0.3) is 5.89 Å². The molecule has 0 aliphatic carbocycles. The van der Waals surface area contributed by atoms with E-state index in [2.05, 4.69) is 26.5 Å². The van der Waals surface area contributed by atoms with Crippen LogP contribution >= 0.6 is 0 Å². The van der Waals surface area contributed by atoms with Gasteiger partial charge >= 0.3 is 0 Å². The van der Waals surface area contributed by atoms with Crippen LogP contribution in [0.4, 0.5) is 5.69 Å². The Morgan fingerprint density at radius 1 is 1.15 bits per heavy atom. The summed E-state index contributed by atoms with van der Waals surface area (Å²) in [6.45, 7) is 1.02. The van der Waals surface area contributed by atoms with Crippen LogP contribution in [0.25, 0.3) is 23.0 Å². The highest BCUT2D eigenvalue weighted by molar-refractivity contribution is 5.70. The molecule has 1 aliphatic heterocycles. The van der Waals surface area contributed by atoms with E-state index in [1.54, 1.807) is 0 Å². The van der Waals surface area contributed by atoms with Gasteiger partial charge < -0.3 is 14.8 Å². The molecule has 0 unspecified atom stereocenters. The van der Waals surface area contributed by atoms with E-state index in [4.69, 9.17) is 4.52 Å². The fourth-order valence-corrected chi connectivity index (χ4v) is 2.62. The van der Waals surface area contributed by atoms with E-state index in [0.717, 1.165) is 30.6 Å². The van der Waals surface area contributed by atoms with Gasteiger partial charge in [-0.2, -0.15) is 4.98 Å². The summed E-state index contributed by atoms with van der Waals surface area (Å²) >= 11 is 0. The molecule has 4 rings (SSSR count). The van der Waals surface area contributed by atoms with Crippen molar-refractivity contribution in [2.75, 3.05) is 11.9 Å². The van der Waals surface area contributed by atoms with Crippen LogP contribution in [0, 0.1) is 0 Å². The monoisotopic (exact) mass is 266 g/mol. The molecular weight excluding hydrogens is 252 g/mol. The van der Waals surface area contributed by atoms with Gasteiger partial charge in [0.1, 0.15) is 0 Å². The summed E-state index contributed by atoms with van der Waals surface area (Å²) in [7, 11) is 0. The maximum atomic E-state index is 5.43. The first-order valence-electron chi connectivity index (χ1n) is 6.75. The van der Waals surface area contributed by atoms with E-state index >= 15 is 0 Å². The van der Waals surface area contributed by atoms with Crippen molar-refractivity contribution in [2.24, 2.45) is 0 Å². The number of aromatic nitrogens is 3. The van der Waals surface area contributed by atoms with E-state index in [0.29, 0.717) is 11.7 Å². The molecule has 1 aromatic carbocycles. The molecule has 0 atom stereocenters. The zero-order valence-corrected chi connectivity index (χ0v) is 10.9. The van der Waals surface area contributed by atoms with Crippen LogP contribution in [0.3, 0.4) is 0 Å². The van der Waals surface area contributed by atoms with Crippen LogP contribution < -0.4 is 5.32 Å². The van der Waals surface area contributed by atoms with Crippen LogP contribution in [0.15, 0.2) is 41.1 Å². The number of anilines is 1. The lowest BCUT2D eigenvalue weighted by Gasteiger charge is -2.19. The average molecular weight is 266 g/mol. The van der Waals surface area contributed by atoms with E-state index in [1.165, 1.54) is 11.3 Å². The second kappa shape index (κ2) is 4.52. The SMILES string of the molecule is c1c[nH]c(-c2noc(-c3cccc4c3CCCN4)n2)c1. The van der Waals surface area contributed by atoms with Crippen molar-refractivity contribution in [3.05, 3.63) is 42.1 Å². The first kappa shape index (κ1) is 11.3. The lowest BCUT2D eigenvalue weighted by molar-refractivity contribution is 0.431. The number of H-pyrrole nitrogens is 1. The molecule has 5 heteroatoms. The lowest BCUT2D eigenvalue weighted by atomic mass is 9.97. The fraction of sp³-hybridized carbons (Fsp3) is 0.200. The Hall–Kier alpha value is -2.56. The van der Waals surface area contributed by atoms with Gasteiger partial charge in [0.15, 0.2) is 0 Å². The molecule has 0 saturated carbocycles. The van der Waals surface area contributed by atoms with Gasteiger partial charge in [-0.15, -0.1) is 0 Å². The molecule has 0 bridgehead atoms. The predicted molar refractivity (Wildman–Crippen MR) is 76.3 cm³/mol. The zero-order chi connectivity index (χ0) is 13.4. The van der Waals surface area contributed by atoms with E-state index in [9.17, 15) is 0 Å². The molecule has 0 radical (unpaired) electrons. The Bertz CT molecular complexity index is 730. The van der Waals surface area contributed by atoms with Crippen molar-refractivity contribution in [1.29, 1.82) is 0 Å². The zero-order valence-electron chi connectivity index (χ0n) is 10.9. The van der Waals surface area contributed by atoms with Gasteiger partial charge in [-0.1, -0.05) is 11.2 Å². The number of hydrogen-bond donors (Lipinski definition) is 2. The molecule has 0 fully saturated rings. The van der Waals surface area contributed by atoms with Crippen LogP contribution in [-0.4, -0.2) is 21.7 Å². The molecule has 2 N–H and O–H groups in total. The van der Waals surface area contributed by atoms with Crippen LogP contribution in [0.2, 0.25) is 0 Å². The van der Waals surface area contributed by atoms with Crippen molar-refractivity contribution in [3.8, 4) is 23.0 Å². The minimum atomic E-state index is 0.579. The summed E-state index contributed by atoms with van der Waals surface area (Å²) in [4.78, 5) is 7.58. The normalized spacial score (nSPS) is 13.8. The minimum Gasteiger partial charge on any atom is -0.385 e. The Morgan fingerprint density at radius 2 is 2.15 bits per heavy atom. The summed E-state index contributed by atoms with van der Waals surface area (Å²) in [5.41, 5.74) is 4.33. The lowest BCUT2D eigenvalue weighted by Crippen LogP contribution is -2.12. The standard InChI is InChI=1S/C15H14N4O/c1-4-11(10-5-2-8-16-12(10)6-1)15-18-14(19-20-15)13-7-3-9-17-13/h1,3-4,6-7,9,16-17H,2,5,8H2. The molecular formula is C15H14N4O. The quantitative estimate of drug-likeness (QED) is 0.748. The fourth-order valence-electron chi connectivity index (χ4n) is 2.62. The average Bonchev–Trinajstić information content (AvgIpc) is 3.17. The number of hydrogen-bond acceptors (Lipinski definition) is 4. The number of fused-ring (bicyclic) bond motifs is 1. The maximum absolute atomic E-state index is 5.43. The number of nitrogens with one attached hydrogen (secondary N) is 2. The first-order valence-corrected chi connectivity index (χ1v) is 6.75. The Labute approximate surface area is 116 Å². The molecule has 1 aliphatic rings. The summed E-state index contributed by atoms with van der Waals surface area (Å²) in [5.74, 6) is 1.17. The third-order valence-corrected chi connectivity index (χ3v) is 3.59. The topological polar surface area (TPSA) is 66.7 Å². The molecule has 0 saturated heterocycles. The summed E-state index contributed by atoms with van der Waals surface area (Å²) in [6, 6.07) is 10.00. The Kier molecular flexibility index (Phi) is 2.55. The molecule has 100 valence electrons. The van der Waals surface area contributed by atoms with Crippen LogP contribution in [0.1, 0.15) is 12.0 Å². The third-order valence-electron chi connectivity index (χ3n) is 3.59. The Morgan fingerprint density at radius 3 is 3.05 bits per heavy atom. The Balaban J connectivity index is 1.78. The summed E-state index contributed by atoms with van der Waals surface area (Å²) in [6.07, 6.45) is 4.01. The van der Waals surface area contributed by atoms with Crippen LogP contribution in [0.5, 0.6) is 0 Å². The molecule has 3 heterocycles. The largest absolute Gasteiger partial charge is 0.385 e. The number of aromatic amines is 1. The summed E-state index contributed by atoms with van der Waals surface area (Å²) < 4.78 is 5.43. The van der Waals surface area contributed by atoms with Crippen molar-refractivity contribution >= 4 is 5.69 Å². The molecule has 0 spiro atoms. The van der Waals surface area contributed by atoms with Gasteiger partial charge in [0.2, 0.25) is 5.82 Å². The van der Waals surface area contributed by atoms with Crippen molar-refractivity contribution in [2.45, 2.75) is 12.8 Å².